The summed E-state index contributed by atoms with van der Waals surface area (Å²) in [6, 6.07) is 6.66. The van der Waals surface area contributed by atoms with Crippen LogP contribution in [0, 0.1) is 0 Å². The Morgan fingerprint density at radius 3 is 2.75 bits per heavy atom. The quantitative estimate of drug-likeness (QED) is 0.676. The lowest BCUT2D eigenvalue weighted by molar-refractivity contribution is -0.274. The molecule has 2 aromatic rings. The molecule has 5 rings (SSSR count). The SMILES string of the molecule is FC(F)(F)Oc1ccccc1-c1noc(C2CC2)c1CO[C@@H]1CCN2C[C@@H]2C1. The summed E-state index contributed by atoms with van der Waals surface area (Å²) in [5, 5.41) is 4.11. The maximum absolute atomic E-state index is 12.8. The molecule has 2 saturated heterocycles. The van der Waals surface area contributed by atoms with Crippen LogP contribution in [0.1, 0.15) is 42.9 Å². The lowest BCUT2D eigenvalue weighted by atomic mass is 10.0. The van der Waals surface area contributed by atoms with Gasteiger partial charge < -0.3 is 14.0 Å². The van der Waals surface area contributed by atoms with Crippen LogP contribution >= 0.6 is 0 Å². The number of halogens is 3. The van der Waals surface area contributed by atoms with E-state index in [0.29, 0.717) is 18.3 Å². The molecule has 0 bridgehead atoms. The van der Waals surface area contributed by atoms with Gasteiger partial charge in [-0.05, 0) is 37.8 Å². The fourth-order valence-corrected chi connectivity index (χ4v) is 4.02. The first-order valence-corrected chi connectivity index (χ1v) is 9.67. The van der Waals surface area contributed by atoms with E-state index in [4.69, 9.17) is 9.26 Å². The van der Waals surface area contributed by atoms with E-state index >= 15 is 0 Å². The Hall–Kier alpha value is -2.06. The summed E-state index contributed by atoms with van der Waals surface area (Å²) in [6.45, 7) is 2.49. The zero-order valence-corrected chi connectivity index (χ0v) is 15.2. The number of fused-ring (bicyclic) bond motifs is 1. The van der Waals surface area contributed by atoms with Crippen LogP contribution in [0.5, 0.6) is 5.75 Å². The molecule has 5 nitrogen and oxygen atoms in total. The minimum Gasteiger partial charge on any atom is -0.405 e. The van der Waals surface area contributed by atoms with Crippen molar-refractivity contribution in [1.82, 2.24) is 10.1 Å². The molecule has 2 aliphatic heterocycles. The van der Waals surface area contributed by atoms with E-state index in [0.717, 1.165) is 50.1 Å². The van der Waals surface area contributed by atoms with Crippen molar-refractivity contribution in [2.75, 3.05) is 13.1 Å². The van der Waals surface area contributed by atoms with Crippen LogP contribution in [0.3, 0.4) is 0 Å². The lowest BCUT2D eigenvalue weighted by Crippen LogP contribution is -2.26. The van der Waals surface area contributed by atoms with Crippen molar-refractivity contribution in [2.24, 2.45) is 0 Å². The number of hydrogen-bond donors (Lipinski definition) is 0. The molecule has 1 aromatic heterocycles. The van der Waals surface area contributed by atoms with Gasteiger partial charge in [0.25, 0.3) is 0 Å². The maximum atomic E-state index is 12.8. The molecule has 3 atom stereocenters. The molecule has 1 saturated carbocycles. The van der Waals surface area contributed by atoms with Gasteiger partial charge in [-0.3, -0.25) is 4.90 Å². The van der Waals surface area contributed by atoms with E-state index in [9.17, 15) is 13.2 Å². The van der Waals surface area contributed by atoms with E-state index in [2.05, 4.69) is 14.8 Å². The number of nitrogens with zero attached hydrogens (tertiary/aromatic N) is 2. The van der Waals surface area contributed by atoms with Crippen LogP contribution < -0.4 is 4.74 Å². The lowest BCUT2D eigenvalue weighted by Gasteiger charge is -2.22. The third kappa shape index (κ3) is 3.75. The molecule has 3 heterocycles. The van der Waals surface area contributed by atoms with E-state index in [1.165, 1.54) is 12.1 Å². The second-order valence-corrected chi connectivity index (χ2v) is 7.80. The second kappa shape index (κ2) is 6.77. The third-order valence-corrected chi connectivity index (χ3v) is 5.70. The topological polar surface area (TPSA) is 47.5 Å². The molecule has 1 unspecified atom stereocenters. The van der Waals surface area contributed by atoms with Crippen molar-refractivity contribution in [3.8, 4) is 17.0 Å². The second-order valence-electron chi connectivity index (χ2n) is 7.80. The van der Waals surface area contributed by atoms with Crippen molar-refractivity contribution in [3.05, 3.63) is 35.6 Å². The van der Waals surface area contributed by atoms with Crippen LogP contribution in [0.2, 0.25) is 0 Å². The first-order chi connectivity index (χ1) is 13.5. The Kier molecular flexibility index (Phi) is 4.35. The highest BCUT2D eigenvalue weighted by Crippen LogP contribution is 2.46. The molecule has 0 spiro atoms. The zero-order valence-electron chi connectivity index (χ0n) is 15.2. The first kappa shape index (κ1) is 18.0. The number of rotatable bonds is 6. The Balaban J connectivity index is 1.42. The summed E-state index contributed by atoms with van der Waals surface area (Å²) in [5.41, 5.74) is 1.40. The van der Waals surface area contributed by atoms with Crippen LogP contribution in [0.25, 0.3) is 11.3 Å². The molecule has 3 fully saturated rings. The maximum Gasteiger partial charge on any atom is 0.573 e. The molecule has 1 aromatic carbocycles. The largest absolute Gasteiger partial charge is 0.573 e. The Bertz CT molecular complexity index is 863. The molecule has 0 amide bonds. The highest BCUT2D eigenvalue weighted by atomic mass is 19.4. The molecular formula is C20H21F3N2O3. The normalized spacial score (nSPS) is 26.8. The van der Waals surface area contributed by atoms with E-state index in [1.807, 2.05) is 0 Å². The van der Waals surface area contributed by atoms with Crippen molar-refractivity contribution >= 4 is 0 Å². The van der Waals surface area contributed by atoms with E-state index < -0.39 is 6.36 Å². The zero-order chi connectivity index (χ0) is 19.3. The molecule has 0 N–H and O–H groups in total. The summed E-state index contributed by atoms with van der Waals surface area (Å²) in [5.74, 6) is 0.736. The fourth-order valence-electron chi connectivity index (χ4n) is 4.02. The van der Waals surface area contributed by atoms with Crippen LogP contribution in [-0.4, -0.2) is 41.7 Å². The number of aromatic nitrogens is 1. The average molecular weight is 394 g/mol. The van der Waals surface area contributed by atoms with Gasteiger partial charge in [0.15, 0.2) is 0 Å². The van der Waals surface area contributed by atoms with Gasteiger partial charge in [-0.1, -0.05) is 17.3 Å². The minimum atomic E-state index is -4.77. The van der Waals surface area contributed by atoms with Gasteiger partial charge in [0.05, 0.1) is 12.7 Å². The Morgan fingerprint density at radius 1 is 1.18 bits per heavy atom. The Morgan fingerprint density at radius 2 is 2.00 bits per heavy atom. The monoisotopic (exact) mass is 394 g/mol. The fraction of sp³-hybridized carbons (Fsp3) is 0.550. The Labute approximate surface area is 160 Å². The predicted octanol–water partition coefficient (Wildman–Crippen LogP) is 4.48. The number of piperidine rings is 1. The van der Waals surface area contributed by atoms with Gasteiger partial charge in [0.2, 0.25) is 0 Å². The van der Waals surface area contributed by atoms with E-state index in [1.54, 1.807) is 12.1 Å². The minimum absolute atomic E-state index is 0.167. The van der Waals surface area contributed by atoms with E-state index in [-0.39, 0.29) is 23.3 Å². The summed E-state index contributed by atoms with van der Waals surface area (Å²) in [7, 11) is 0. The summed E-state index contributed by atoms with van der Waals surface area (Å²) >= 11 is 0. The third-order valence-electron chi connectivity index (χ3n) is 5.70. The van der Waals surface area contributed by atoms with Crippen LogP contribution in [0.4, 0.5) is 13.2 Å². The molecule has 0 radical (unpaired) electrons. The molecule has 28 heavy (non-hydrogen) atoms. The van der Waals surface area contributed by atoms with Gasteiger partial charge >= 0.3 is 6.36 Å². The number of ether oxygens (including phenoxy) is 2. The molecular weight excluding hydrogens is 373 g/mol. The van der Waals surface area contributed by atoms with Gasteiger partial charge in [0.1, 0.15) is 17.2 Å². The van der Waals surface area contributed by atoms with Crippen LogP contribution in [0.15, 0.2) is 28.8 Å². The summed E-state index contributed by atoms with van der Waals surface area (Å²) in [6.07, 6.45) is -0.614. The highest BCUT2D eigenvalue weighted by Gasteiger charge is 2.40. The molecule has 150 valence electrons. The number of hydrogen-bond acceptors (Lipinski definition) is 5. The van der Waals surface area contributed by atoms with Crippen LogP contribution in [-0.2, 0) is 11.3 Å². The standard InChI is InChI=1S/C20H21F3N2O3/c21-20(22,23)27-17-4-2-1-3-15(17)18-16(19(28-24-18)12-5-6-12)11-26-14-7-8-25-10-13(25)9-14/h1-4,12-14H,5-11H2/t13-,14+,25?/m0/s1. The highest BCUT2D eigenvalue weighted by molar-refractivity contribution is 5.70. The van der Waals surface area contributed by atoms with Crippen molar-refractivity contribution < 1.29 is 27.2 Å². The smallest absolute Gasteiger partial charge is 0.405 e. The van der Waals surface area contributed by atoms with Crippen molar-refractivity contribution in [3.63, 3.8) is 0 Å². The number of benzene rings is 1. The first-order valence-electron chi connectivity index (χ1n) is 9.67. The van der Waals surface area contributed by atoms with Crippen molar-refractivity contribution in [1.29, 1.82) is 0 Å². The summed E-state index contributed by atoms with van der Waals surface area (Å²) < 4.78 is 54.4. The van der Waals surface area contributed by atoms with Crippen molar-refractivity contribution in [2.45, 2.75) is 56.7 Å². The number of alkyl halides is 3. The summed E-state index contributed by atoms with van der Waals surface area (Å²) in [4.78, 5) is 2.42. The van der Waals surface area contributed by atoms with Gasteiger partial charge in [-0.15, -0.1) is 13.2 Å². The number of para-hydroxylation sites is 1. The van der Waals surface area contributed by atoms with Gasteiger partial charge in [-0.25, -0.2) is 0 Å². The predicted molar refractivity (Wildman–Crippen MR) is 93.8 cm³/mol. The average Bonchev–Trinajstić information content (AvgIpc) is 3.57. The molecule has 1 aliphatic carbocycles. The molecule has 8 heteroatoms. The van der Waals surface area contributed by atoms with Gasteiger partial charge in [0, 0.05) is 36.2 Å². The van der Waals surface area contributed by atoms with Gasteiger partial charge in [-0.2, -0.15) is 0 Å². The molecule has 3 aliphatic rings.